The van der Waals surface area contributed by atoms with E-state index < -0.39 is 5.97 Å². The van der Waals surface area contributed by atoms with Crippen LogP contribution in [0, 0.1) is 0 Å². The van der Waals surface area contributed by atoms with Gasteiger partial charge in [-0.05, 0) is 57.8 Å². The second-order valence-electron chi connectivity index (χ2n) is 5.32. The van der Waals surface area contributed by atoms with Crippen LogP contribution in [0.3, 0.4) is 0 Å². The molecule has 0 saturated heterocycles. The number of aliphatic carboxylic acids is 1. The first-order valence-corrected chi connectivity index (χ1v) is 8.05. The van der Waals surface area contributed by atoms with Crippen LogP contribution in [0.25, 0.3) is 5.57 Å². The molecule has 110 valence electrons. The molecule has 2 nitrogen and oxygen atoms in total. The molecule has 0 unspecified atom stereocenters. The maximum absolute atomic E-state index is 10.6. The smallest absolute Gasteiger partial charge is 0.550 e. The predicted molar refractivity (Wildman–Crippen MR) is 86.2 cm³/mol. The largest absolute Gasteiger partial charge is 1.00 e. The molecule has 22 heavy (non-hydrogen) atoms. The summed E-state index contributed by atoms with van der Waals surface area (Å²) in [4.78, 5) is 10.6. The Labute approximate surface area is 158 Å². The summed E-state index contributed by atoms with van der Waals surface area (Å²) in [6.45, 7) is 4.34. The van der Waals surface area contributed by atoms with Crippen molar-refractivity contribution in [1.29, 1.82) is 0 Å². The van der Waals surface area contributed by atoms with E-state index in [1.54, 1.807) is 11.3 Å². The number of benzene rings is 1. The summed E-state index contributed by atoms with van der Waals surface area (Å²) in [5.41, 5.74) is 4.65. The topological polar surface area (TPSA) is 40.1 Å². The van der Waals surface area contributed by atoms with Gasteiger partial charge in [-0.3, -0.25) is 0 Å². The van der Waals surface area contributed by atoms with Gasteiger partial charge < -0.3 is 9.90 Å². The Kier molecular flexibility index (Phi) is 8.12. The van der Waals surface area contributed by atoms with Gasteiger partial charge >= 0.3 is 29.6 Å². The number of thiophene rings is 1. The molecule has 2 aromatic rings. The Bertz CT molecular complexity index is 613. The van der Waals surface area contributed by atoms with Gasteiger partial charge in [0.15, 0.2) is 0 Å². The van der Waals surface area contributed by atoms with Gasteiger partial charge in [0, 0.05) is 5.97 Å². The van der Waals surface area contributed by atoms with Crippen LogP contribution in [-0.4, -0.2) is 5.97 Å². The van der Waals surface area contributed by atoms with Crippen LogP contribution in [0.1, 0.15) is 49.3 Å². The maximum Gasteiger partial charge on any atom is 1.00 e. The fourth-order valence-corrected chi connectivity index (χ4v) is 2.86. The van der Waals surface area contributed by atoms with Crippen molar-refractivity contribution in [3.63, 3.8) is 0 Å². The van der Waals surface area contributed by atoms with E-state index in [1.165, 1.54) is 5.56 Å². The number of carbonyl (C=O) groups excluding carboxylic acids is 1. The summed E-state index contributed by atoms with van der Waals surface area (Å²) < 4.78 is 0. The number of carbonyl (C=O) groups is 1. The molecule has 0 radical (unpaired) electrons. The van der Waals surface area contributed by atoms with Crippen molar-refractivity contribution in [3.8, 4) is 0 Å². The van der Waals surface area contributed by atoms with E-state index in [0.29, 0.717) is 12.3 Å². The van der Waals surface area contributed by atoms with Crippen LogP contribution < -0.4 is 34.7 Å². The summed E-state index contributed by atoms with van der Waals surface area (Å²) in [6.07, 6.45) is 2.53. The minimum Gasteiger partial charge on any atom is -0.550 e. The monoisotopic (exact) mass is 322 g/mol. The third-order valence-corrected chi connectivity index (χ3v) is 4.10. The normalized spacial score (nSPS) is 11.3. The number of hydrogen-bond donors (Lipinski definition) is 0. The van der Waals surface area contributed by atoms with E-state index in [4.69, 9.17) is 0 Å². The number of carboxylic acids is 1. The van der Waals surface area contributed by atoms with Crippen molar-refractivity contribution in [2.24, 2.45) is 0 Å². The van der Waals surface area contributed by atoms with Crippen molar-refractivity contribution in [3.05, 3.63) is 63.9 Å². The fourth-order valence-electron chi connectivity index (χ4n) is 2.20. The average molecular weight is 322 g/mol. The molecule has 0 amide bonds. The van der Waals surface area contributed by atoms with Crippen LogP contribution in [-0.2, 0) is 4.79 Å². The standard InChI is InChI=1S/C18H20O2S.Na/c1-13(2)14-6-8-15(9-7-14)17(4-3-5-18(19)20)16-10-11-21-12-16;/h4,6-13H,3,5H2,1-2H3,(H,19,20);/q;+1/p-1. The van der Waals surface area contributed by atoms with E-state index in [9.17, 15) is 9.90 Å². The molecule has 4 heteroatoms. The summed E-state index contributed by atoms with van der Waals surface area (Å²) >= 11 is 1.64. The van der Waals surface area contributed by atoms with Gasteiger partial charge in [0.05, 0.1) is 0 Å². The van der Waals surface area contributed by atoms with Gasteiger partial charge in [-0.25, -0.2) is 0 Å². The Balaban J connectivity index is 0.00000242. The summed E-state index contributed by atoms with van der Waals surface area (Å²) in [5.74, 6) is -0.503. The minimum absolute atomic E-state index is 0. The number of hydrogen-bond acceptors (Lipinski definition) is 3. The molecule has 0 saturated carbocycles. The molecule has 0 aliphatic heterocycles. The molecular weight excluding hydrogens is 303 g/mol. The summed E-state index contributed by atoms with van der Waals surface area (Å²) in [5, 5.41) is 14.7. The molecule has 1 heterocycles. The zero-order chi connectivity index (χ0) is 15.2. The molecule has 0 bridgehead atoms. The Morgan fingerprint density at radius 1 is 1.18 bits per heavy atom. The third-order valence-electron chi connectivity index (χ3n) is 3.42. The Hall–Kier alpha value is -0.870. The second kappa shape index (κ2) is 9.31. The van der Waals surface area contributed by atoms with Gasteiger partial charge in [0.2, 0.25) is 0 Å². The van der Waals surface area contributed by atoms with Crippen molar-refractivity contribution >= 4 is 22.9 Å². The van der Waals surface area contributed by atoms with Crippen LogP contribution in [0.2, 0.25) is 0 Å². The van der Waals surface area contributed by atoms with Crippen molar-refractivity contribution in [2.75, 3.05) is 0 Å². The molecule has 1 aromatic carbocycles. The zero-order valence-electron chi connectivity index (χ0n) is 13.3. The van der Waals surface area contributed by atoms with Crippen LogP contribution in [0.15, 0.2) is 47.2 Å². The van der Waals surface area contributed by atoms with E-state index in [0.717, 1.165) is 16.7 Å². The van der Waals surface area contributed by atoms with E-state index >= 15 is 0 Å². The van der Waals surface area contributed by atoms with Gasteiger partial charge in [0.1, 0.15) is 0 Å². The van der Waals surface area contributed by atoms with E-state index in [-0.39, 0.29) is 36.0 Å². The SMILES string of the molecule is CC(C)c1ccc(C(=CCCC(=O)[O-])c2ccsc2)cc1.[Na+]. The molecule has 0 atom stereocenters. The first-order chi connectivity index (χ1) is 10.1. The average Bonchev–Trinajstić information content (AvgIpc) is 2.97. The molecule has 1 aromatic heterocycles. The summed E-state index contributed by atoms with van der Waals surface area (Å²) in [6, 6.07) is 10.6. The number of rotatable bonds is 6. The van der Waals surface area contributed by atoms with Crippen molar-refractivity contribution < 1.29 is 39.5 Å². The molecule has 0 spiro atoms. The van der Waals surface area contributed by atoms with Gasteiger partial charge in [-0.15, -0.1) is 0 Å². The fraction of sp³-hybridized carbons (Fsp3) is 0.278. The molecule has 0 aliphatic rings. The first-order valence-electron chi connectivity index (χ1n) is 7.11. The molecular formula is C18H19NaO2S. The molecule has 2 rings (SSSR count). The van der Waals surface area contributed by atoms with Crippen LogP contribution in [0.4, 0.5) is 0 Å². The minimum atomic E-state index is -1.01. The molecule has 0 N–H and O–H groups in total. The third kappa shape index (κ3) is 5.40. The van der Waals surface area contributed by atoms with Crippen LogP contribution >= 0.6 is 11.3 Å². The maximum atomic E-state index is 10.6. The van der Waals surface area contributed by atoms with Crippen molar-refractivity contribution in [1.82, 2.24) is 0 Å². The second-order valence-corrected chi connectivity index (χ2v) is 6.10. The Morgan fingerprint density at radius 2 is 1.86 bits per heavy atom. The first kappa shape index (κ1) is 19.2. The van der Waals surface area contributed by atoms with E-state index in [2.05, 4.69) is 49.6 Å². The summed E-state index contributed by atoms with van der Waals surface area (Å²) in [7, 11) is 0. The van der Waals surface area contributed by atoms with Gasteiger partial charge in [0.25, 0.3) is 0 Å². The molecule has 0 aliphatic carbocycles. The molecule has 0 fully saturated rings. The van der Waals surface area contributed by atoms with Crippen LogP contribution in [0.5, 0.6) is 0 Å². The quantitative estimate of drug-likeness (QED) is 0.740. The van der Waals surface area contributed by atoms with Crippen molar-refractivity contribution in [2.45, 2.75) is 32.6 Å². The Morgan fingerprint density at radius 3 is 2.36 bits per heavy atom. The number of carboxylic acid groups (broad SMARTS) is 1. The number of allylic oxidation sites excluding steroid dienone is 1. The van der Waals surface area contributed by atoms with E-state index in [1.807, 2.05) is 11.5 Å². The zero-order valence-corrected chi connectivity index (χ0v) is 16.2. The van der Waals surface area contributed by atoms with Gasteiger partial charge in [-0.1, -0.05) is 44.2 Å². The van der Waals surface area contributed by atoms with Gasteiger partial charge in [-0.2, -0.15) is 11.3 Å². The predicted octanol–water partition coefficient (Wildman–Crippen LogP) is 0.837.